The van der Waals surface area contributed by atoms with Crippen molar-refractivity contribution >= 4 is 34.6 Å². The standard InChI is InChI=1S/C17H31IN2O3/c1-16(2,3)14-19(7)13(21)12(10-8-9-11-18)20(14)15(22)23-17(4,5)6/h12,14H,8-11H2,1-7H3/t12-,14-/m0/s1. The molecule has 0 aromatic rings. The van der Waals surface area contributed by atoms with Gasteiger partial charge in [0.05, 0.1) is 0 Å². The van der Waals surface area contributed by atoms with Crippen LogP contribution in [-0.4, -0.2) is 51.1 Å². The fourth-order valence-electron chi connectivity index (χ4n) is 3.07. The number of rotatable bonds is 4. The minimum atomic E-state index is -0.573. The molecule has 0 bridgehead atoms. The van der Waals surface area contributed by atoms with Gasteiger partial charge in [-0.05, 0) is 38.0 Å². The zero-order valence-electron chi connectivity index (χ0n) is 15.5. The topological polar surface area (TPSA) is 49.9 Å². The summed E-state index contributed by atoms with van der Waals surface area (Å²) in [6.07, 6.45) is 2.00. The summed E-state index contributed by atoms with van der Waals surface area (Å²) in [6.45, 7) is 11.7. The highest BCUT2D eigenvalue weighted by Gasteiger charge is 2.52. The minimum absolute atomic E-state index is 0.0178. The first kappa shape index (κ1) is 20.5. The van der Waals surface area contributed by atoms with E-state index in [4.69, 9.17) is 4.74 Å². The number of ether oxygens (including phenoxy) is 1. The smallest absolute Gasteiger partial charge is 0.412 e. The van der Waals surface area contributed by atoms with Crippen LogP contribution in [-0.2, 0) is 9.53 Å². The van der Waals surface area contributed by atoms with E-state index >= 15 is 0 Å². The number of unbranched alkanes of at least 4 members (excludes halogenated alkanes) is 1. The first-order valence-corrected chi connectivity index (χ1v) is 9.76. The second-order valence-corrected chi connectivity index (χ2v) is 9.36. The van der Waals surface area contributed by atoms with Crippen LogP contribution in [0.2, 0.25) is 0 Å². The lowest BCUT2D eigenvalue weighted by molar-refractivity contribution is -0.129. The van der Waals surface area contributed by atoms with E-state index in [0.717, 1.165) is 17.3 Å². The molecule has 0 saturated carbocycles. The van der Waals surface area contributed by atoms with Crippen LogP contribution in [0.5, 0.6) is 0 Å². The van der Waals surface area contributed by atoms with Gasteiger partial charge in [0.25, 0.3) is 0 Å². The number of carbonyl (C=O) groups excluding carboxylic acids is 2. The van der Waals surface area contributed by atoms with Crippen molar-refractivity contribution in [2.45, 2.75) is 78.6 Å². The summed E-state index contributed by atoms with van der Waals surface area (Å²) < 4.78 is 6.65. The summed E-state index contributed by atoms with van der Waals surface area (Å²) in [4.78, 5) is 28.9. The quantitative estimate of drug-likeness (QED) is 0.378. The largest absolute Gasteiger partial charge is 0.444 e. The van der Waals surface area contributed by atoms with Gasteiger partial charge >= 0.3 is 6.09 Å². The van der Waals surface area contributed by atoms with Gasteiger partial charge in [-0.25, -0.2) is 4.79 Å². The molecular weight excluding hydrogens is 407 g/mol. The molecule has 0 unspecified atom stereocenters. The Hall–Kier alpha value is -0.530. The van der Waals surface area contributed by atoms with E-state index in [1.807, 2.05) is 41.5 Å². The summed E-state index contributed by atoms with van der Waals surface area (Å²) in [5, 5.41) is 0. The van der Waals surface area contributed by atoms with Crippen LogP contribution >= 0.6 is 22.6 Å². The Balaban J connectivity index is 3.10. The monoisotopic (exact) mass is 438 g/mol. The molecular formula is C17H31IN2O3. The maximum atomic E-state index is 12.8. The second-order valence-electron chi connectivity index (χ2n) is 8.28. The van der Waals surface area contributed by atoms with Crippen molar-refractivity contribution in [3.63, 3.8) is 0 Å². The third-order valence-corrected chi connectivity index (χ3v) is 4.60. The van der Waals surface area contributed by atoms with Crippen LogP contribution < -0.4 is 0 Å². The summed E-state index contributed by atoms with van der Waals surface area (Å²) in [7, 11) is 1.79. The lowest BCUT2D eigenvalue weighted by Gasteiger charge is -2.39. The van der Waals surface area contributed by atoms with Gasteiger partial charge in [-0.2, -0.15) is 0 Å². The van der Waals surface area contributed by atoms with E-state index < -0.39 is 17.7 Å². The zero-order chi connectivity index (χ0) is 18.0. The van der Waals surface area contributed by atoms with Crippen molar-refractivity contribution in [2.24, 2.45) is 5.41 Å². The van der Waals surface area contributed by atoms with Crippen molar-refractivity contribution in [3.05, 3.63) is 0 Å². The number of nitrogens with zero attached hydrogens (tertiary/aromatic N) is 2. The zero-order valence-corrected chi connectivity index (χ0v) is 17.6. The molecule has 0 aromatic carbocycles. The highest BCUT2D eigenvalue weighted by Crippen LogP contribution is 2.36. The van der Waals surface area contributed by atoms with Crippen molar-refractivity contribution in [1.82, 2.24) is 9.80 Å². The van der Waals surface area contributed by atoms with Gasteiger partial charge in [0.2, 0.25) is 5.91 Å². The van der Waals surface area contributed by atoms with Crippen LogP contribution in [0.15, 0.2) is 0 Å². The van der Waals surface area contributed by atoms with Crippen molar-refractivity contribution in [3.8, 4) is 0 Å². The highest BCUT2D eigenvalue weighted by atomic mass is 127. The van der Waals surface area contributed by atoms with Gasteiger partial charge in [-0.15, -0.1) is 0 Å². The van der Waals surface area contributed by atoms with E-state index in [9.17, 15) is 9.59 Å². The van der Waals surface area contributed by atoms with Crippen LogP contribution in [0.25, 0.3) is 0 Å². The average molecular weight is 438 g/mol. The van der Waals surface area contributed by atoms with Crippen molar-refractivity contribution in [1.29, 1.82) is 0 Å². The fourth-order valence-corrected chi connectivity index (χ4v) is 3.61. The molecule has 5 nitrogen and oxygen atoms in total. The average Bonchev–Trinajstić information content (AvgIpc) is 2.61. The predicted molar refractivity (Wildman–Crippen MR) is 101 cm³/mol. The summed E-state index contributed by atoms with van der Waals surface area (Å²) in [5.41, 5.74) is -0.810. The molecule has 1 aliphatic heterocycles. The molecule has 0 N–H and O–H groups in total. The highest BCUT2D eigenvalue weighted by molar-refractivity contribution is 14.1. The Bertz CT molecular complexity index is 440. The number of halogens is 1. The lowest BCUT2D eigenvalue weighted by atomic mass is 9.91. The maximum absolute atomic E-state index is 12.8. The van der Waals surface area contributed by atoms with Gasteiger partial charge in [0.15, 0.2) is 0 Å². The first-order chi connectivity index (χ1) is 10.4. The number of amides is 2. The second kappa shape index (κ2) is 7.57. The van der Waals surface area contributed by atoms with Crippen molar-refractivity contribution < 1.29 is 14.3 Å². The maximum Gasteiger partial charge on any atom is 0.412 e. The molecule has 6 heteroatoms. The minimum Gasteiger partial charge on any atom is -0.444 e. The molecule has 1 heterocycles. The number of hydrogen-bond donors (Lipinski definition) is 0. The predicted octanol–water partition coefficient (Wildman–Crippen LogP) is 4.04. The number of alkyl halides is 1. The van der Waals surface area contributed by atoms with E-state index in [1.54, 1.807) is 16.8 Å². The molecule has 0 aliphatic carbocycles. The molecule has 2 amide bonds. The molecule has 134 valence electrons. The Morgan fingerprint density at radius 3 is 2.17 bits per heavy atom. The first-order valence-electron chi connectivity index (χ1n) is 8.24. The Morgan fingerprint density at radius 1 is 1.17 bits per heavy atom. The number of carbonyl (C=O) groups is 2. The van der Waals surface area contributed by atoms with Gasteiger partial charge in [0.1, 0.15) is 17.8 Å². The van der Waals surface area contributed by atoms with E-state index in [1.165, 1.54) is 0 Å². The van der Waals surface area contributed by atoms with Gasteiger partial charge in [-0.3, -0.25) is 9.69 Å². The Kier molecular flexibility index (Phi) is 6.75. The van der Waals surface area contributed by atoms with Gasteiger partial charge in [-0.1, -0.05) is 49.8 Å². The molecule has 1 aliphatic rings. The molecule has 2 atom stereocenters. The molecule has 0 aromatic heterocycles. The number of likely N-dealkylation sites (N-methyl/N-ethyl adjacent to an activating group) is 1. The van der Waals surface area contributed by atoms with Gasteiger partial charge < -0.3 is 9.64 Å². The molecule has 23 heavy (non-hydrogen) atoms. The van der Waals surface area contributed by atoms with Crippen molar-refractivity contribution in [2.75, 3.05) is 11.5 Å². The van der Waals surface area contributed by atoms with E-state index in [0.29, 0.717) is 6.42 Å². The Morgan fingerprint density at radius 2 is 1.74 bits per heavy atom. The third-order valence-electron chi connectivity index (χ3n) is 3.84. The SMILES string of the molecule is CN1C(=O)[C@H](CCCCI)N(C(=O)OC(C)(C)C)[C@H]1C(C)(C)C. The van der Waals surface area contributed by atoms with Crippen LogP contribution in [0.4, 0.5) is 4.79 Å². The summed E-state index contributed by atoms with van der Waals surface area (Å²) >= 11 is 2.34. The molecule has 0 spiro atoms. The molecule has 1 fully saturated rings. The molecule has 1 saturated heterocycles. The van der Waals surface area contributed by atoms with E-state index in [-0.39, 0.29) is 17.5 Å². The Labute approximate surface area is 154 Å². The molecule has 1 rings (SSSR count). The lowest BCUT2D eigenvalue weighted by Crippen LogP contribution is -2.52. The normalized spacial score (nSPS) is 22.7. The summed E-state index contributed by atoms with van der Waals surface area (Å²) in [6, 6.07) is -0.415. The third kappa shape index (κ3) is 5.22. The van der Waals surface area contributed by atoms with E-state index in [2.05, 4.69) is 22.6 Å². The number of hydrogen-bond acceptors (Lipinski definition) is 3. The van der Waals surface area contributed by atoms with Gasteiger partial charge in [0, 0.05) is 12.5 Å². The van der Waals surface area contributed by atoms with Crippen LogP contribution in [0.3, 0.4) is 0 Å². The molecule has 0 radical (unpaired) electrons. The van der Waals surface area contributed by atoms with Crippen LogP contribution in [0.1, 0.15) is 60.8 Å². The van der Waals surface area contributed by atoms with Crippen LogP contribution in [0, 0.1) is 5.41 Å². The summed E-state index contributed by atoms with van der Waals surface area (Å²) in [5.74, 6) is 0.0178. The fraction of sp³-hybridized carbons (Fsp3) is 0.882.